The molecule has 1 atom stereocenters. The predicted molar refractivity (Wildman–Crippen MR) is 128 cm³/mol. The molecule has 4 rings (SSSR count). The molecule has 5 nitrogen and oxygen atoms in total. The molecular weight excluding hydrogens is 408 g/mol. The first-order valence-corrected chi connectivity index (χ1v) is 10.7. The van der Waals surface area contributed by atoms with Gasteiger partial charge < -0.3 is 14.8 Å². The molecule has 0 aromatic heterocycles. The molecule has 3 aromatic carbocycles. The molecule has 1 unspecified atom stereocenters. The molecule has 1 heterocycles. The lowest BCUT2D eigenvalue weighted by atomic mass is 10.0. The van der Waals surface area contributed by atoms with Crippen LogP contribution in [0.15, 0.2) is 72.8 Å². The molecule has 0 radical (unpaired) electrons. The molecule has 3 aromatic rings. The van der Waals surface area contributed by atoms with Gasteiger partial charge in [0.2, 0.25) is 5.91 Å². The lowest BCUT2D eigenvalue weighted by Crippen LogP contribution is -2.32. The van der Waals surface area contributed by atoms with E-state index in [1.54, 1.807) is 6.08 Å². The van der Waals surface area contributed by atoms with Crippen molar-refractivity contribution in [3.05, 3.63) is 78.4 Å². The number of fused-ring (bicyclic) bond motifs is 1. The van der Waals surface area contributed by atoms with E-state index in [0.717, 1.165) is 47.2 Å². The molecule has 158 valence electrons. The molecular formula is C25H24N2O3S. The quantitative estimate of drug-likeness (QED) is 0.428. The lowest BCUT2D eigenvalue weighted by molar-refractivity contribution is -0.115. The number of anilines is 1. The van der Waals surface area contributed by atoms with E-state index < -0.39 is 0 Å². The second-order valence-electron chi connectivity index (χ2n) is 7.32. The van der Waals surface area contributed by atoms with Crippen molar-refractivity contribution in [2.75, 3.05) is 18.5 Å². The first kappa shape index (κ1) is 21.0. The van der Waals surface area contributed by atoms with Gasteiger partial charge in [-0.05, 0) is 71.7 Å². The summed E-state index contributed by atoms with van der Waals surface area (Å²) in [5.74, 6) is 0.482. The number of ether oxygens (including phenoxy) is 2. The van der Waals surface area contributed by atoms with Gasteiger partial charge in [-0.25, -0.2) is 0 Å². The van der Waals surface area contributed by atoms with Gasteiger partial charge in [0.1, 0.15) is 12.4 Å². The molecule has 1 aliphatic heterocycles. The monoisotopic (exact) mass is 432 g/mol. The third-order valence-electron chi connectivity index (χ3n) is 5.05. The summed E-state index contributed by atoms with van der Waals surface area (Å²) in [7, 11) is 0. The van der Waals surface area contributed by atoms with E-state index in [1.165, 1.54) is 6.08 Å². The minimum atomic E-state index is -0.290. The highest BCUT2D eigenvalue weighted by atomic mass is 32.1. The third-order valence-corrected chi connectivity index (χ3v) is 5.25. The third kappa shape index (κ3) is 5.90. The van der Waals surface area contributed by atoms with Crippen LogP contribution in [0.3, 0.4) is 0 Å². The number of nitrogens with one attached hydrogen (secondary N) is 2. The Bertz CT molecular complexity index is 1080. The van der Waals surface area contributed by atoms with Crippen LogP contribution in [0.4, 0.5) is 5.69 Å². The number of carbonyl (C=O) groups excluding carboxylic acids is 1. The number of amides is 1. The maximum atomic E-state index is 12.3. The molecule has 31 heavy (non-hydrogen) atoms. The zero-order chi connectivity index (χ0) is 21.5. The number of hydrogen-bond donors (Lipinski definition) is 2. The van der Waals surface area contributed by atoms with Crippen molar-refractivity contribution in [2.45, 2.75) is 18.9 Å². The summed E-state index contributed by atoms with van der Waals surface area (Å²) in [4.78, 5) is 12.3. The highest BCUT2D eigenvalue weighted by molar-refractivity contribution is 7.80. The smallest absolute Gasteiger partial charge is 0.250 e. The van der Waals surface area contributed by atoms with Crippen LogP contribution in [0.2, 0.25) is 0 Å². The van der Waals surface area contributed by atoms with Crippen LogP contribution in [0, 0.1) is 0 Å². The summed E-state index contributed by atoms with van der Waals surface area (Å²) in [6.45, 7) is 1.38. The van der Waals surface area contributed by atoms with E-state index in [4.69, 9.17) is 21.7 Å². The Morgan fingerprint density at radius 2 is 1.90 bits per heavy atom. The fourth-order valence-corrected chi connectivity index (χ4v) is 3.70. The average molecular weight is 433 g/mol. The molecule has 1 aliphatic rings. The van der Waals surface area contributed by atoms with Crippen molar-refractivity contribution in [2.24, 2.45) is 0 Å². The number of hydrogen-bond acceptors (Lipinski definition) is 4. The second-order valence-corrected chi connectivity index (χ2v) is 7.72. The molecule has 0 spiro atoms. The van der Waals surface area contributed by atoms with Gasteiger partial charge in [-0.3, -0.25) is 10.1 Å². The van der Waals surface area contributed by atoms with Crippen LogP contribution in [0.25, 0.3) is 16.8 Å². The van der Waals surface area contributed by atoms with Crippen molar-refractivity contribution in [3.63, 3.8) is 0 Å². The van der Waals surface area contributed by atoms with E-state index >= 15 is 0 Å². The predicted octanol–water partition coefficient (Wildman–Crippen LogP) is 4.92. The number of carbonyl (C=O) groups is 1. The molecule has 2 N–H and O–H groups in total. The molecule has 6 heteroatoms. The van der Waals surface area contributed by atoms with E-state index in [0.29, 0.717) is 6.61 Å². The molecule has 1 saturated heterocycles. The van der Waals surface area contributed by atoms with Crippen LogP contribution in [-0.2, 0) is 9.53 Å². The molecule has 0 saturated carbocycles. The van der Waals surface area contributed by atoms with Crippen LogP contribution >= 0.6 is 12.2 Å². The summed E-state index contributed by atoms with van der Waals surface area (Å²) in [6.07, 6.45) is 5.60. The Balaban J connectivity index is 1.28. The topological polar surface area (TPSA) is 59.6 Å². The van der Waals surface area contributed by atoms with Crippen molar-refractivity contribution in [1.82, 2.24) is 5.32 Å². The lowest BCUT2D eigenvalue weighted by Gasteiger charge is -2.12. The van der Waals surface area contributed by atoms with Gasteiger partial charge in [0.05, 0.1) is 6.10 Å². The van der Waals surface area contributed by atoms with Gasteiger partial charge in [-0.15, -0.1) is 0 Å². The normalized spacial score (nSPS) is 15.8. The van der Waals surface area contributed by atoms with E-state index in [1.807, 2.05) is 66.7 Å². The van der Waals surface area contributed by atoms with Crippen molar-refractivity contribution < 1.29 is 14.3 Å². The Morgan fingerprint density at radius 3 is 2.71 bits per heavy atom. The van der Waals surface area contributed by atoms with Crippen LogP contribution in [0.5, 0.6) is 5.75 Å². The van der Waals surface area contributed by atoms with Gasteiger partial charge in [-0.1, -0.05) is 42.5 Å². The van der Waals surface area contributed by atoms with Gasteiger partial charge in [-0.2, -0.15) is 0 Å². The van der Waals surface area contributed by atoms with E-state index in [9.17, 15) is 4.79 Å². The summed E-state index contributed by atoms with van der Waals surface area (Å²) in [6, 6.07) is 21.5. The first-order chi connectivity index (χ1) is 15.2. The molecule has 0 bridgehead atoms. The van der Waals surface area contributed by atoms with Gasteiger partial charge in [0.25, 0.3) is 0 Å². The Labute approximate surface area is 187 Å². The maximum absolute atomic E-state index is 12.3. The average Bonchev–Trinajstić information content (AvgIpc) is 3.31. The van der Waals surface area contributed by atoms with Crippen molar-refractivity contribution in [3.8, 4) is 5.75 Å². The highest BCUT2D eigenvalue weighted by Gasteiger charge is 2.15. The summed E-state index contributed by atoms with van der Waals surface area (Å²) >= 11 is 5.25. The molecule has 1 amide bonds. The zero-order valence-electron chi connectivity index (χ0n) is 17.0. The Morgan fingerprint density at radius 1 is 1.10 bits per heavy atom. The summed E-state index contributed by atoms with van der Waals surface area (Å²) < 4.78 is 11.3. The highest BCUT2D eigenvalue weighted by Crippen LogP contribution is 2.20. The molecule has 0 aliphatic carbocycles. The molecule has 1 fully saturated rings. The summed E-state index contributed by atoms with van der Waals surface area (Å²) in [5, 5.41) is 8.14. The SMILES string of the molecule is O=C(C=Cc1cccc2ccccc12)NC(=S)Nc1ccc(OCC2CCCO2)cc1. The second kappa shape index (κ2) is 10.2. The Kier molecular flexibility index (Phi) is 6.92. The van der Waals surface area contributed by atoms with Crippen LogP contribution in [0.1, 0.15) is 18.4 Å². The van der Waals surface area contributed by atoms with Crippen molar-refractivity contribution >= 4 is 45.8 Å². The number of thiocarbonyl (C=S) groups is 1. The van der Waals surface area contributed by atoms with E-state index in [-0.39, 0.29) is 17.1 Å². The zero-order valence-corrected chi connectivity index (χ0v) is 17.9. The number of rotatable bonds is 6. The van der Waals surface area contributed by atoms with Crippen molar-refractivity contribution in [1.29, 1.82) is 0 Å². The fourth-order valence-electron chi connectivity index (χ4n) is 3.48. The maximum Gasteiger partial charge on any atom is 0.250 e. The van der Waals surface area contributed by atoms with Crippen LogP contribution < -0.4 is 15.4 Å². The van der Waals surface area contributed by atoms with Crippen LogP contribution in [-0.4, -0.2) is 30.3 Å². The largest absolute Gasteiger partial charge is 0.491 e. The Hall–Kier alpha value is -3.22. The fraction of sp³-hybridized carbons (Fsp3) is 0.200. The van der Waals surface area contributed by atoms with Gasteiger partial charge >= 0.3 is 0 Å². The first-order valence-electron chi connectivity index (χ1n) is 10.3. The minimum Gasteiger partial charge on any atom is -0.491 e. The van der Waals surface area contributed by atoms with E-state index in [2.05, 4.69) is 10.6 Å². The minimum absolute atomic E-state index is 0.183. The summed E-state index contributed by atoms with van der Waals surface area (Å²) in [5.41, 5.74) is 1.75. The van der Waals surface area contributed by atoms with Gasteiger partial charge in [0.15, 0.2) is 5.11 Å². The number of benzene rings is 3. The standard InChI is InChI=1S/C25H24N2O3S/c28-24(15-10-19-7-3-6-18-5-1-2-9-23(18)19)27-25(31)26-20-11-13-21(14-12-20)30-17-22-8-4-16-29-22/h1-3,5-7,9-15,22H,4,8,16-17H2,(H2,26,27,28,31). The van der Waals surface area contributed by atoms with Gasteiger partial charge in [0, 0.05) is 18.4 Å².